The average Bonchev–Trinajstić information content (AvgIpc) is 2.74. The van der Waals surface area contributed by atoms with Gasteiger partial charge in [0, 0.05) is 12.1 Å². The molecule has 0 aromatic carbocycles. The van der Waals surface area contributed by atoms with Gasteiger partial charge in [-0.05, 0) is 39.3 Å². The van der Waals surface area contributed by atoms with Gasteiger partial charge in [-0.3, -0.25) is 0 Å². The fourth-order valence-electron chi connectivity index (χ4n) is 2.08. The smallest absolute Gasteiger partial charge is 0.0351 e. The van der Waals surface area contributed by atoms with E-state index in [0.29, 0.717) is 5.54 Å². The minimum Gasteiger partial charge on any atom is -0.329 e. The lowest BCUT2D eigenvalue weighted by molar-refractivity contribution is 0.126. The number of likely N-dealkylation sites (N-methyl/N-ethyl adjacent to an activating group) is 1. The molecule has 0 radical (unpaired) electrons. The molecule has 1 saturated carbocycles. The zero-order valence-corrected chi connectivity index (χ0v) is 7.93. The predicted octanol–water partition coefficient (Wildman–Crippen LogP) is 1.07. The lowest BCUT2D eigenvalue weighted by atomic mass is 9.89. The van der Waals surface area contributed by atoms with Crippen LogP contribution in [0.4, 0.5) is 0 Å². The van der Waals surface area contributed by atoms with Crippen molar-refractivity contribution in [1.82, 2.24) is 4.90 Å². The molecular formula is C9H20N2. The van der Waals surface area contributed by atoms with E-state index in [0.717, 1.165) is 12.5 Å². The number of hydrogen-bond acceptors (Lipinski definition) is 2. The average molecular weight is 156 g/mol. The summed E-state index contributed by atoms with van der Waals surface area (Å²) in [5, 5.41) is 0. The monoisotopic (exact) mass is 156 g/mol. The van der Waals surface area contributed by atoms with Gasteiger partial charge in [0.1, 0.15) is 0 Å². The lowest BCUT2D eigenvalue weighted by Gasteiger charge is -2.38. The zero-order valence-electron chi connectivity index (χ0n) is 7.93. The van der Waals surface area contributed by atoms with Gasteiger partial charge in [-0.2, -0.15) is 0 Å². The second kappa shape index (κ2) is 3.11. The van der Waals surface area contributed by atoms with Crippen LogP contribution in [-0.2, 0) is 0 Å². The van der Waals surface area contributed by atoms with Crippen molar-refractivity contribution in [2.24, 2.45) is 11.7 Å². The second-order valence-corrected chi connectivity index (χ2v) is 3.83. The topological polar surface area (TPSA) is 29.3 Å². The molecule has 0 aromatic heterocycles. The summed E-state index contributed by atoms with van der Waals surface area (Å²) in [6.45, 7) is 3.05. The maximum Gasteiger partial charge on any atom is 0.0351 e. The van der Waals surface area contributed by atoms with Gasteiger partial charge in [0.05, 0.1) is 0 Å². The SMILES string of the molecule is CCC(CN)(C1CC1)N(C)C. The van der Waals surface area contributed by atoms with Gasteiger partial charge in [0.15, 0.2) is 0 Å². The van der Waals surface area contributed by atoms with E-state index in [1.807, 2.05) is 0 Å². The first-order valence-electron chi connectivity index (χ1n) is 4.55. The van der Waals surface area contributed by atoms with Crippen molar-refractivity contribution in [3.63, 3.8) is 0 Å². The highest BCUT2D eigenvalue weighted by molar-refractivity contribution is 5.00. The molecule has 0 aliphatic heterocycles. The number of nitrogens with two attached hydrogens (primary N) is 1. The van der Waals surface area contributed by atoms with Crippen LogP contribution in [0.5, 0.6) is 0 Å². The zero-order chi connectivity index (χ0) is 8.48. The van der Waals surface area contributed by atoms with Crippen LogP contribution in [-0.4, -0.2) is 31.1 Å². The van der Waals surface area contributed by atoms with Gasteiger partial charge in [-0.15, -0.1) is 0 Å². The summed E-state index contributed by atoms with van der Waals surface area (Å²) in [6.07, 6.45) is 3.94. The van der Waals surface area contributed by atoms with Crippen LogP contribution < -0.4 is 5.73 Å². The van der Waals surface area contributed by atoms with E-state index >= 15 is 0 Å². The maximum absolute atomic E-state index is 5.82. The van der Waals surface area contributed by atoms with Crippen LogP contribution >= 0.6 is 0 Å². The minimum atomic E-state index is 0.306. The quantitative estimate of drug-likeness (QED) is 0.659. The van der Waals surface area contributed by atoms with Crippen molar-refractivity contribution < 1.29 is 0 Å². The minimum absolute atomic E-state index is 0.306. The van der Waals surface area contributed by atoms with Crippen molar-refractivity contribution in [1.29, 1.82) is 0 Å². The van der Waals surface area contributed by atoms with Gasteiger partial charge < -0.3 is 10.6 Å². The Morgan fingerprint density at radius 2 is 2.00 bits per heavy atom. The molecule has 1 rings (SSSR count). The molecule has 0 bridgehead atoms. The van der Waals surface area contributed by atoms with Crippen molar-refractivity contribution in [3.05, 3.63) is 0 Å². The predicted molar refractivity (Wildman–Crippen MR) is 48.5 cm³/mol. The third kappa shape index (κ3) is 1.42. The first-order chi connectivity index (χ1) is 5.17. The van der Waals surface area contributed by atoms with Gasteiger partial charge in [0.2, 0.25) is 0 Å². The van der Waals surface area contributed by atoms with Gasteiger partial charge >= 0.3 is 0 Å². The standard InChI is InChI=1S/C9H20N2/c1-4-9(7-10,11(2)3)8-5-6-8/h8H,4-7,10H2,1-3H3. The van der Waals surface area contributed by atoms with Crippen molar-refractivity contribution in [2.45, 2.75) is 31.7 Å². The fraction of sp³-hybridized carbons (Fsp3) is 1.00. The highest BCUT2D eigenvalue weighted by Gasteiger charge is 2.44. The van der Waals surface area contributed by atoms with E-state index in [1.54, 1.807) is 0 Å². The Balaban J connectivity index is 2.65. The first-order valence-corrected chi connectivity index (χ1v) is 4.55. The molecule has 2 nitrogen and oxygen atoms in total. The molecule has 0 amide bonds. The van der Waals surface area contributed by atoms with Crippen LogP contribution in [0.1, 0.15) is 26.2 Å². The van der Waals surface area contributed by atoms with E-state index in [2.05, 4.69) is 25.9 Å². The molecular weight excluding hydrogens is 136 g/mol. The molecule has 0 spiro atoms. The summed E-state index contributed by atoms with van der Waals surface area (Å²) >= 11 is 0. The summed E-state index contributed by atoms with van der Waals surface area (Å²) in [6, 6.07) is 0. The van der Waals surface area contributed by atoms with E-state index in [9.17, 15) is 0 Å². The van der Waals surface area contributed by atoms with Crippen molar-refractivity contribution in [3.8, 4) is 0 Å². The Hall–Kier alpha value is -0.0800. The molecule has 0 saturated heterocycles. The fourth-order valence-corrected chi connectivity index (χ4v) is 2.08. The molecule has 1 aliphatic carbocycles. The molecule has 1 unspecified atom stereocenters. The highest BCUT2D eigenvalue weighted by atomic mass is 15.2. The third-order valence-corrected chi connectivity index (χ3v) is 3.19. The Kier molecular flexibility index (Phi) is 2.55. The van der Waals surface area contributed by atoms with E-state index in [1.165, 1.54) is 19.3 Å². The Bertz CT molecular complexity index is 120. The van der Waals surface area contributed by atoms with Crippen molar-refractivity contribution >= 4 is 0 Å². The summed E-state index contributed by atoms with van der Waals surface area (Å²) in [4.78, 5) is 2.31. The molecule has 2 heteroatoms. The molecule has 11 heavy (non-hydrogen) atoms. The second-order valence-electron chi connectivity index (χ2n) is 3.83. The maximum atomic E-state index is 5.82. The summed E-state index contributed by atoms with van der Waals surface area (Å²) in [7, 11) is 4.30. The van der Waals surface area contributed by atoms with E-state index in [-0.39, 0.29) is 0 Å². The third-order valence-electron chi connectivity index (χ3n) is 3.19. The van der Waals surface area contributed by atoms with Crippen LogP contribution in [0, 0.1) is 5.92 Å². The first kappa shape index (κ1) is 9.01. The van der Waals surface area contributed by atoms with Gasteiger partial charge in [-0.25, -0.2) is 0 Å². The van der Waals surface area contributed by atoms with E-state index in [4.69, 9.17) is 5.73 Å². The number of nitrogens with zero attached hydrogens (tertiary/aromatic N) is 1. The van der Waals surface area contributed by atoms with Crippen molar-refractivity contribution in [2.75, 3.05) is 20.6 Å². The Labute approximate surface area is 69.8 Å². The van der Waals surface area contributed by atoms with Crippen LogP contribution in [0.25, 0.3) is 0 Å². The molecule has 0 heterocycles. The Morgan fingerprint density at radius 3 is 2.09 bits per heavy atom. The van der Waals surface area contributed by atoms with Crippen LogP contribution in [0.3, 0.4) is 0 Å². The number of hydrogen-bond donors (Lipinski definition) is 1. The van der Waals surface area contributed by atoms with Gasteiger partial charge in [-0.1, -0.05) is 6.92 Å². The normalized spacial score (nSPS) is 23.7. The van der Waals surface area contributed by atoms with Crippen LogP contribution in [0.15, 0.2) is 0 Å². The Morgan fingerprint density at radius 1 is 1.45 bits per heavy atom. The lowest BCUT2D eigenvalue weighted by Crippen LogP contribution is -2.51. The van der Waals surface area contributed by atoms with Crippen LogP contribution in [0.2, 0.25) is 0 Å². The number of rotatable bonds is 4. The molecule has 1 atom stereocenters. The molecule has 1 aliphatic rings. The molecule has 0 aromatic rings. The summed E-state index contributed by atoms with van der Waals surface area (Å²) in [5.41, 5.74) is 6.12. The van der Waals surface area contributed by atoms with E-state index < -0.39 is 0 Å². The summed E-state index contributed by atoms with van der Waals surface area (Å²) < 4.78 is 0. The highest BCUT2D eigenvalue weighted by Crippen LogP contribution is 2.43. The van der Waals surface area contributed by atoms with Gasteiger partial charge in [0.25, 0.3) is 0 Å². The molecule has 66 valence electrons. The largest absolute Gasteiger partial charge is 0.329 e. The molecule has 1 fully saturated rings. The summed E-state index contributed by atoms with van der Waals surface area (Å²) in [5.74, 6) is 0.868. The molecule has 2 N–H and O–H groups in total.